The van der Waals surface area contributed by atoms with Gasteiger partial charge in [0.2, 0.25) is 0 Å². The Hall–Kier alpha value is -1.64. The summed E-state index contributed by atoms with van der Waals surface area (Å²) in [5.41, 5.74) is 0.292. The lowest BCUT2D eigenvalue weighted by Gasteiger charge is -2.35. The SMILES string of the molecule is CC(C)(C)OC(=O)N1CCN(CCCCCCCOS(=O)(=O)Cc2ccccc2)CC1. The lowest BCUT2D eigenvalue weighted by molar-refractivity contribution is 0.0144. The van der Waals surface area contributed by atoms with E-state index in [2.05, 4.69) is 4.90 Å². The quantitative estimate of drug-likeness (QED) is 0.371. The smallest absolute Gasteiger partial charge is 0.410 e. The van der Waals surface area contributed by atoms with E-state index in [0.29, 0.717) is 13.1 Å². The van der Waals surface area contributed by atoms with Crippen LogP contribution in [0, 0.1) is 0 Å². The highest BCUT2D eigenvalue weighted by Gasteiger charge is 2.25. The summed E-state index contributed by atoms with van der Waals surface area (Å²) in [6.07, 6.45) is 4.79. The van der Waals surface area contributed by atoms with Crippen molar-refractivity contribution >= 4 is 16.2 Å². The fourth-order valence-corrected chi connectivity index (χ4v) is 4.51. The maximum absolute atomic E-state index is 12.1. The fraction of sp³-hybridized carbons (Fsp3) is 0.696. The molecular formula is C23H38N2O5S. The lowest BCUT2D eigenvalue weighted by atomic mass is 10.1. The van der Waals surface area contributed by atoms with E-state index in [1.807, 2.05) is 39.0 Å². The molecule has 1 amide bonds. The molecule has 0 radical (unpaired) electrons. The Morgan fingerprint density at radius 1 is 0.935 bits per heavy atom. The summed E-state index contributed by atoms with van der Waals surface area (Å²) in [5.74, 6) is -0.0744. The summed E-state index contributed by atoms with van der Waals surface area (Å²) >= 11 is 0. The van der Waals surface area contributed by atoms with E-state index in [-0.39, 0.29) is 18.5 Å². The van der Waals surface area contributed by atoms with Crippen LogP contribution in [0.3, 0.4) is 0 Å². The van der Waals surface area contributed by atoms with E-state index in [1.165, 1.54) is 0 Å². The molecular weight excluding hydrogens is 416 g/mol. The third kappa shape index (κ3) is 11.0. The van der Waals surface area contributed by atoms with Crippen LogP contribution in [0.5, 0.6) is 0 Å². The molecule has 8 heteroatoms. The Bertz CT molecular complexity index is 754. The van der Waals surface area contributed by atoms with Gasteiger partial charge in [0.15, 0.2) is 0 Å². The molecule has 1 aromatic rings. The molecule has 0 unspecified atom stereocenters. The standard InChI is InChI=1S/C23H38N2O5S/c1-23(2,3)30-22(26)25-17-15-24(16-18-25)14-10-5-4-6-11-19-29-31(27,28)20-21-12-8-7-9-13-21/h7-9,12-13H,4-6,10-11,14-20H2,1-3H3. The minimum absolute atomic E-state index is 0.0744. The van der Waals surface area contributed by atoms with Crippen LogP contribution < -0.4 is 0 Å². The predicted molar refractivity (Wildman–Crippen MR) is 122 cm³/mol. The lowest BCUT2D eigenvalue weighted by Crippen LogP contribution is -2.50. The molecule has 1 aliphatic rings. The number of benzene rings is 1. The molecule has 0 aliphatic carbocycles. The largest absolute Gasteiger partial charge is 0.444 e. The zero-order chi connectivity index (χ0) is 22.7. The normalized spacial score (nSPS) is 15.8. The number of nitrogens with zero attached hydrogens (tertiary/aromatic N) is 2. The number of carbonyl (C=O) groups is 1. The van der Waals surface area contributed by atoms with E-state index >= 15 is 0 Å². The molecule has 0 aromatic heterocycles. The predicted octanol–water partition coefficient (Wildman–Crippen LogP) is 4.04. The molecule has 31 heavy (non-hydrogen) atoms. The first-order valence-electron chi connectivity index (χ1n) is 11.3. The van der Waals surface area contributed by atoms with Gasteiger partial charge in [0.05, 0.1) is 6.61 Å². The monoisotopic (exact) mass is 454 g/mol. The highest BCUT2D eigenvalue weighted by Crippen LogP contribution is 2.13. The molecule has 1 fully saturated rings. The molecule has 0 atom stereocenters. The maximum Gasteiger partial charge on any atom is 0.410 e. The molecule has 2 rings (SSSR count). The van der Waals surface area contributed by atoms with Gasteiger partial charge >= 0.3 is 6.09 Å². The molecule has 0 N–H and O–H groups in total. The second-order valence-electron chi connectivity index (χ2n) is 9.09. The van der Waals surface area contributed by atoms with Crippen molar-refractivity contribution in [2.45, 2.75) is 64.2 Å². The number of hydrogen-bond acceptors (Lipinski definition) is 6. The fourth-order valence-electron chi connectivity index (χ4n) is 3.45. The number of amides is 1. The minimum atomic E-state index is -3.51. The maximum atomic E-state index is 12.1. The Balaban J connectivity index is 1.48. The minimum Gasteiger partial charge on any atom is -0.444 e. The first-order valence-corrected chi connectivity index (χ1v) is 12.8. The summed E-state index contributed by atoms with van der Waals surface area (Å²) in [4.78, 5) is 16.3. The highest BCUT2D eigenvalue weighted by atomic mass is 32.2. The summed E-state index contributed by atoms with van der Waals surface area (Å²) in [5, 5.41) is 0. The summed E-state index contributed by atoms with van der Waals surface area (Å²) in [7, 11) is -3.51. The van der Waals surface area contributed by atoms with E-state index < -0.39 is 15.7 Å². The second kappa shape index (κ2) is 12.4. The molecule has 1 heterocycles. The molecule has 0 saturated carbocycles. The number of piperazine rings is 1. The van der Waals surface area contributed by atoms with E-state index in [9.17, 15) is 13.2 Å². The molecule has 1 aromatic carbocycles. The van der Waals surface area contributed by atoms with Gasteiger partial charge in [0.1, 0.15) is 11.4 Å². The van der Waals surface area contributed by atoms with E-state index in [1.54, 1.807) is 17.0 Å². The Morgan fingerprint density at radius 3 is 2.19 bits per heavy atom. The Labute approximate surface area is 187 Å². The number of carbonyl (C=O) groups excluding carboxylic acids is 1. The van der Waals surface area contributed by atoms with Crippen LogP contribution in [0.1, 0.15) is 58.4 Å². The number of hydrogen-bond donors (Lipinski definition) is 0. The highest BCUT2D eigenvalue weighted by molar-refractivity contribution is 7.85. The third-order valence-corrected chi connectivity index (χ3v) is 6.30. The van der Waals surface area contributed by atoms with Crippen LogP contribution in [0.25, 0.3) is 0 Å². The number of ether oxygens (including phenoxy) is 1. The van der Waals surface area contributed by atoms with Crippen molar-refractivity contribution in [1.29, 1.82) is 0 Å². The van der Waals surface area contributed by atoms with Gasteiger partial charge in [-0.2, -0.15) is 8.42 Å². The van der Waals surface area contributed by atoms with Crippen LogP contribution in [0.15, 0.2) is 30.3 Å². The molecule has 0 bridgehead atoms. The van der Waals surface area contributed by atoms with Crippen LogP contribution >= 0.6 is 0 Å². The molecule has 176 valence electrons. The van der Waals surface area contributed by atoms with Gasteiger partial charge in [0.25, 0.3) is 10.1 Å². The van der Waals surface area contributed by atoms with Crippen LogP contribution in [-0.4, -0.2) is 69.2 Å². The van der Waals surface area contributed by atoms with Crippen molar-refractivity contribution in [3.8, 4) is 0 Å². The van der Waals surface area contributed by atoms with Crippen LogP contribution in [0.2, 0.25) is 0 Å². The summed E-state index contributed by atoms with van der Waals surface area (Å²) in [6, 6.07) is 9.09. The molecule has 1 saturated heterocycles. The van der Waals surface area contributed by atoms with Crippen LogP contribution in [0.4, 0.5) is 4.79 Å². The first kappa shape index (κ1) is 25.6. The van der Waals surface area contributed by atoms with Crippen molar-refractivity contribution in [1.82, 2.24) is 9.80 Å². The molecule has 1 aliphatic heterocycles. The second-order valence-corrected chi connectivity index (χ2v) is 10.7. The van der Waals surface area contributed by atoms with E-state index in [0.717, 1.165) is 57.3 Å². The zero-order valence-electron chi connectivity index (χ0n) is 19.2. The van der Waals surface area contributed by atoms with E-state index in [4.69, 9.17) is 8.92 Å². The molecule has 7 nitrogen and oxygen atoms in total. The van der Waals surface area contributed by atoms with Crippen molar-refractivity contribution in [2.24, 2.45) is 0 Å². The van der Waals surface area contributed by atoms with Gasteiger partial charge in [-0.15, -0.1) is 0 Å². The number of rotatable bonds is 11. The van der Waals surface area contributed by atoms with Crippen LogP contribution in [-0.2, 0) is 24.8 Å². The van der Waals surface area contributed by atoms with Crippen molar-refractivity contribution in [3.63, 3.8) is 0 Å². The van der Waals surface area contributed by atoms with Crippen molar-refractivity contribution in [2.75, 3.05) is 39.3 Å². The van der Waals surface area contributed by atoms with Crippen molar-refractivity contribution in [3.05, 3.63) is 35.9 Å². The Kier molecular flexibility index (Phi) is 10.3. The number of unbranched alkanes of at least 4 members (excludes halogenated alkanes) is 4. The average molecular weight is 455 g/mol. The average Bonchev–Trinajstić information content (AvgIpc) is 2.69. The van der Waals surface area contributed by atoms with Gasteiger partial charge in [-0.05, 0) is 45.7 Å². The zero-order valence-corrected chi connectivity index (χ0v) is 20.0. The third-order valence-electron chi connectivity index (χ3n) is 5.09. The summed E-state index contributed by atoms with van der Waals surface area (Å²) < 4.78 is 34.5. The van der Waals surface area contributed by atoms with Gasteiger partial charge < -0.3 is 9.64 Å². The van der Waals surface area contributed by atoms with Gasteiger partial charge in [-0.3, -0.25) is 9.08 Å². The molecule has 0 spiro atoms. The van der Waals surface area contributed by atoms with Gasteiger partial charge in [-0.1, -0.05) is 49.6 Å². The Morgan fingerprint density at radius 2 is 1.55 bits per heavy atom. The van der Waals surface area contributed by atoms with Gasteiger partial charge in [0, 0.05) is 26.2 Å². The van der Waals surface area contributed by atoms with Crippen molar-refractivity contribution < 1.29 is 22.1 Å². The van der Waals surface area contributed by atoms with Gasteiger partial charge in [-0.25, -0.2) is 4.79 Å². The first-order chi connectivity index (χ1) is 14.6. The summed E-state index contributed by atoms with van der Waals surface area (Å²) in [6.45, 7) is 10.1. The topological polar surface area (TPSA) is 76.2 Å².